The molecule has 0 N–H and O–H groups in total. The summed E-state index contributed by atoms with van der Waals surface area (Å²) in [6.07, 6.45) is 0.362. The fourth-order valence-electron chi connectivity index (χ4n) is 4.87. The lowest BCUT2D eigenvalue weighted by Crippen LogP contribution is -2.59. The number of halogens is 2. The summed E-state index contributed by atoms with van der Waals surface area (Å²) in [4.78, 5) is 2.32. The highest BCUT2D eigenvalue weighted by molar-refractivity contribution is 7.89. The lowest BCUT2D eigenvalue weighted by molar-refractivity contribution is -0.0670. The van der Waals surface area contributed by atoms with E-state index < -0.39 is 33.0 Å². The SMILES string of the molecule is CC1C[C@@H](N2CC3CN(S(=O)(=O)C(C)C)C3C2)CO[C@@H]1c1cc(F)ccc1F. The summed E-state index contributed by atoms with van der Waals surface area (Å²) >= 11 is 0. The molecule has 1 aromatic carbocycles. The molecule has 0 radical (unpaired) electrons. The molecule has 5 atom stereocenters. The van der Waals surface area contributed by atoms with Crippen LogP contribution in [0.2, 0.25) is 0 Å². The minimum atomic E-state index is -3.21. The molecular weight excluding hydrogens is 386 g/mol. The van der Waals surface area contributed by atoms with Crippen LogP contribution >= 0.6 is 0 Å². The number of sulfonamides is 1. The first-order valence-corrected chi connectivity index (χ1v) is 11.5. The average Bonchev–Trinajstić information content (AvgIpc) is 2.93. The molecule has 3 heterocycles. The third kappa shape index (κ3) is 3.38. The largest absolute Gasteiger partial charge is 0.372 e. The number of benzene rings is 1. The molecule has 4 rings (SSSR count). The quantitative estimate of drug-likeness (QED) is 0.760. The molecule has 3 aliphatic heterocycles. The van der Waals surface area contributed by atoms with Gasteiger partial charge in [0.25, 0.3) is 0 Å². The van der Waals surface area contributed by atoms with Crippen LogP contribution < -0.4 is 0 Å². The van der Waals surface area contributed by atoms with Crippen molar-refractivity contribution in [3.63, 3.8) is 0 Å². The van der Waals surface area contributed by atoms with Crippen molar-refractivity contribution >= 4 is 10.0 Å². The van der Waals surface area contributed by atoms with Crippen molar-refractivity contribution in [2.24, 2.45) is 11.8 Å². The third-order valence-corrected chi connectivity index (χ3v) is 8.82. The van der Waals surface area contributed by atoms with E-state index in [2.05, 4.69) is 4.90 Å². The summed E-state index contributed by atoms with van der Waals surface area (Å²) in [5.41, 5.74) is 0.279. The van der Waals surface area contributed by atoms with Crippen molar-refractivity contribution in [3.8, 4) is 0 Å². The van der Waals surface area contributed by atoms with Gasteiger partial charge in [-0.05, 0) is 44.4 Å². The van der Waals surface area contributed by atoms with E-state index in [4.69, 9.17) is 4.74 Å². The van der Waals surface area contributed by atoms with Gasteiger partial charge in [-0.3, -0.25) is 4.90 Å². The van der Waals surface area contributed by atoms with E-state index in [0.29, 0.717) is 19.1 Å². The Labute approximate surface area is 165 Å². The van der Waals surface area contributed by atoms with Crippen LogP contribution in [0.15, 0.2) is 18.2 Å². The van der Waals surface area contributed by atoms with Gasteiger partial charge in [-0.2, -0.15) is 4.31 Å². The van der Waals surface area contributed by atoms with Crippen molar-refractivity contribution in [2.45, 2.75) is 50.6 Å². The average molecular weight is 415 g/mol. The fraction of sp³-hybridized carbons (Fsp3) is 0.700. The van der Waals surface area contributed by atoms with Gasteiger partial charge in [0.2, 0.25) is 10.0 Å². The number of ether oxygens (including phenoxy) is 1. The Hall–Kier alpha value is -1.09. The van der Waals surface area contributed by atoms with E-state index in [1.54, 1.807) is 18.2 Å². The van der Waals surface area contributed by atoms with Crippen LogP contribution in [-0.2, 0) is 14.8 Å². The van der Waals surface area contributed by atoms with Gasteiger partial charge >= 0.3 is 0 Å². The Balaban J connectivity index is 1.40. The molecule has 1 aromatic rings. The number of hydrogen-bond donors (Lipinski definition) is 0. The van der Waals surface area contributed by atoms with Gasteiger partial charge in [-0.15, -0.1) is 0 Å². The number of fused-ring (bicyclic) bond motifs is 1. The zero-order chi connectivity index (χ0) is 20.2. The lowest BCUT2D eigenvalue weighted by Gasteiger charge is -2.43. The van der Waals surface area contributed by atoms with Gasteiger partial charge in [0.1, 0.15) is 11.6 Å². The topological polar surface area (TPSA) is 49.9 Å². The number of nitrogens with zero attached hydrogens (tertiary/aromatic N) is 2. The normalized spacial score (nSPS) is 34.4. The monoisotopic (exact) mass is 414 g/mol. The second-order valence-electron chi connectivity index (χ2n) is 8.73. The second kappa shape index (κ2) is 7.31. The fourth-order valence-corrected chi connectivity index (χ4v) is 6.42. The highest BCUT2D eigenvalue weighted by atomic mass is 32.2. The Morgan fingerprint density at radius 1 is 1.18 bits per heavy atom. The first-order valence-electron chi connectivity index (χ1n) is 9.99. The molecule has 3 fully saturated rings. The van der Waals surface area contributed by atoms with Crippen molar-refractivity contribution in [2.75, 3.05) is 26.2 Å². The maximum Gasteiger partial charge on any atom is 0.216 e. The summed E-state index contributed by atoms with van der Waals surface area (Å²) in [6.45, 7) is 8.07. The Bertz CT molecular complexity index is 848. The van der Waals surface area contributed by atoms with E-state index in [1.807, 2.05) is 6.92 Å². The molecule has 28 heavy (non-hydrogen) atoms. The van der Waals surface area contributed by atoms with Gasteiger partial charge in [-0.25, -0.2) is 17.2 Å². The third-order valence-electron chi connectivity index (χ3n) is 6.55. The molecule has 0 saturated carbocycles. The zero-order valence-electron chi connectivity index (χ0n) is 16.5. The Morgan fingerprint density at radius 3 is 2.61 bits per heavy atom. The van der Waals surface area contributed by atoms with Gasteiger partial charge in [0, 0.05) is 43.2 Å². The number of rotatable bonds is 4. The summed E-state index contributed by atoms with van der Waals surface area (Å²) in [6, 6.07) is 3.72. The molecule has 0 spiro atoms. The lowest BCUT2D eigenvalue weighted by atomic mass is 9.88. The summed E-state index contributed by atoms with van der Waals surface area (Å²) < 4.78 is 60.3. The Morgan fingerprint density at radius 2 is 1.93 bits per heavy atom. The molecule has 3 saturated heterocycles. The molecule has 0 amide bonds. The predicted octanol–water partition coefficient (Wildman–Crippen LogP) is 2.79. The second-order valence-corrected chi connectivity index (χ2v) is 11.2. The maximum absolute atomic E-state index is 14.1. The van der Waals surface area contributed by atoms with E-state index in [-0.39, 0.29) is 23.6 Å². The minimum Gasteiger partial charge on any atom is -0.372 e. The molecule has 3 unspecified atom stereocenters. The summed E-state index contributed by atoms with van der Waals surface area (Å²) in [5.74, 6) is -0.478. The summed E-state index contributed by atoms with van der Waals surface area (Å²) in [7, 11) is -3.21. The first-order chi connectivity index (χ1) is 13.2. The van der Waals surface area contributed by atoms with Crippen molar-refractivity contribution in [3.05, 3.63) is 35.4 Å². The first kappa shape index (κ1) is 20.2. The van der Waals surface area contributed by atoms with Crippen LogP contribution in [0.4, 0.5) is 8.78 Å². The number of likely N-dealkylation sites (tertiary alicyclic amines) is 1. The molecular formula is C20H28F2N2O3S. The van der Waals surface area contributed by atoms with Gasteiger partial charge in [0.15, 0.2) is 0 Å². The molecule has 156 valence electrons. The van der Waals surface area contributed by atoms with E-state index in [9.17, 15) is 17.2 Å². The van der Waals surface area contributed by atoms with Gasteiger partial charge in [-0.1, -0.05) is 6.92 Å². The van der Waals surface area contributed by atoms with E-state index in [0.717, 1.165) is 31.6 Å². The van der Waals surface area contributed by atoms with Crippen LogP contribution in [0, 0.1) is 23.5 Å². The molecule has 3 aliphatic rings. The van der Waals surface area contributed by atoms with Crippen LogP contribution in [0.3, 0.4) is 0 Å². The van der Waals surface area contributed by atoms with Crippen molar-refractivity contribution in [1.29, 1.82) is 0 Å². The van der Waals surface area contributed by atoms with Crippen LogP contribution in [0.25, 0.3) is 0 Å². The minimum absolute atomic E-state index is 0.0452. The zero-order valence-corrected chi connectivity index (χ0v) is 17.3. The highest BCUT2D eigenvalue weighted by Gasteiger charge is 2.52. The van der Waals surface area contributed by atoms with Crippen LogP contribution in [0.1, 0.15) is 38.9 Å². The Kier molecular flexibility index (Phi) is 5.27. The van der Waals surface area contributed by atoms with Gasteiger partial charge < -0.3 is 4.74 Å². The van der Waals surface area contributed by atoms with E-state index >= 15 is 0 Å². The van der Waals surface area contributed by atoms with E-state index in [1.165, 1.54) is 6.07 Å². The predicted molar refractivity (Wildman–Crippen MR) is 102 cm³/mol. The van der Waals surface area contributed by atoms with Crippen LogP contribution in [0.5, 0.6) is 0 Å². The number of hydrogen-bond acceptors (Lipinski definition) is 4. The highest BCUT2D eigenvalue weighted by Crippen LogP contribution is 2.41. The molecule has 5 nitrogen and oxygen atoms in total. The molecule has 8 heteroatoms. The smallest absolute Gasteiger partial charge is 0.216 e. The maximum atomic E-state index is 14.1. The van der Waals surface area contributed by atoms with Crippen molar-refractivity contribution < 1.29 is 21.9 Å². The molecule has 0 aliphatic carbocycles. The molecule has 0 aromatic heterocycles. The van der Waals surface area contributed by atoms with Crippen LogP contribution in [-0.4, -0.2) is 61.2 Å². The standard InChI is InChI=1S/C20H28F2N2O3S/c1-12(2)28(25,26)24-9-14-8-23(10-19(14)24)16-6-13(3)20(27-11-16)17-7-15(21)4-5-18(17)22/h4-5,7,12-14,16,19-20H,6,8-11H2,1-3H3/t13?,14?,16-,19?,20+/m1/s1. The van der Waals surface area contributed by atoms with Crippen molar-refractivity contribution in [1.82, 2.24) is 9.21 Å². The molecule has 0 bridgehead atoms. The van der Waals surface area contributed by atoms with Gasteiger partial charge in [0.05, 0.1) is 18.0 Å². The summed E-state index contributed by atoms with van der Waals surface area (Å²) in [5, 5.41) is -0.401.